The van der Waals surface area contributed by atoms with Gasteiger partial charge in [0, 0.05) is 13.0 Å². The van der Waals surface area contributed by atoms with E-state index in [2.05, 4.69) is 20.9 Å². The molecule has 4 atom stereocenters. The number of carbonyl (C=O) groups excluding carboxylic acids is 3. The monoisotopic (exact) mass is 505 g/mol. The first-order chi connectivity index (χ1) is 16.9. The van der Waals surface area contributed by atoms with E-state index in [-0.39, 0.29) is 31.3 Å². The Balaban J connectivity index is 3.04. The van der Waals surface area contributed by atoms with Gasteiger partial charge in [-0.1, -0.05) is 44.2 Å². The number of carboxylic acid groups (broad SMARTS) is 1. The lowest BCUT2D eigenvalue weighted by Gasteiger charge is -2.25. The number of benzene rings is 1. The second kappa shape index (κ2) is 15.4. The van der Waals surface area contributed by atoms with Crippen LogP contribution in [0.4, 0.5) is 0 Å². The van der Waals surface area contributed by atoms with Gasteiger partial charge in [0.15, 0.2) is 5.96 Å². The zero-order valence-corrected chi connectivity index (χ0v) is 21.1. The minimum Gasteiger partial charge on any atom is -0.480 e. The van der Waals surface area contributed by atoms with E-state index in [9.17, 15) is 24.3 Å². The van der Waals surface area contributed by atoms with E-state index in [1.165, 1.54) is 6.92 Å². The fourth-order valence-electron chi connectivity index (χ4n) is 3.37. The van der Waals surface area contributed by atoms with Gasteiger partial charge in [-0.05, 0) is 37.7 Å². The van der Waals surface area contributed by atoms with Crippen molar-refractivity contribution in [2.75, 3.05) is 6.54 Å². The second-order valence-electron chi connectivity index (χ2n) is 9.08. The third-order valence-electron chi connectivity index (χ3n) is 5.23. The number of nitrogens with zero attached hydrogens (tertiary/aromatic N) is 1. The van der Waals surface area contributed by atoms with Crippen LogP contribution in [0.2, 0.25) is 0 Å². The van der Waals surface area contributed by atoms with Gasteiger partial charge in [-0.3, -0.25) is 19.4 Å². The maximum atomic E-state index is 13.1. The summed E-state index contributed by atoms with van der Waals surface area (Å²) in [4.78, 5) is 54.0. The molecule has 0 aromatic heterocycles. The van der Waals surface area contributed by atoms with Gasteiger partial charge >= 0.3 is 5.97 Å². The van der Waals surface area contributed by atoms with E-state index in [0.29, 0.717) is 12.8 Å². The first-order valence-electron chi connectivity index (χ1n) is 11.9. The Morgan fingerprint density at radius 2 is 1.44 bits per heavy atom. The maximum Gasteiger partial charge on any atom is 0.326 e. The first kappa shape index (κ1) is 30.4. The van der Waals surface area contributed by atoms with Crippen molar-refractivity contribution in [3.05, 3.63) is 35.9 Å². The van der Waals surface area contributed by atoms with E-state index >= 15 is 0 Å². The fourth-order valence-corrected chi connectivity index (χ4v) is 3.37. The highest BCUT2D eigenvalue weighted by Gasteiger charge is 2.30. The largest absolute Gasteiger partial charge is 0.480 e. The molecular formula is C24H39N7O5. The molecule has 0 saturated carbocycles. The molecule has 36 heavy (non-hydrogen) atoms. The average molecular weight is 506 g/mol. The predicted molar refractivity (Wildman–Crippen MR) is 137 cm³/mol. The van der Waals surface area contributed by atoms with Crippen molar-refractivity contribution in [1.82, 2.24) is 16.0 Å². The number of carbonyl (C=O) groups is 4. The average Bonchev–Trinajstić information content (AvgIpc) is 2.79. The lowest BCUT2D eigenvalue weighted by molar-refractivity contribution is -0.142. The van der Waals surface area contributed by atoms with E-state index < -0.39 is 47.9 Å². The molecule has 10 N–H and O–H groups in total. The summed E-state index contributed by atoms with van der Waals surface area (Å²) in [6.45, 7) is 5.49. The summed E-state index contributed by atoms with van der Waals surface area (Å²) in [6, 6.07) is 4.84. The second-order valence-corrected chi connectivity index (χ2v) is 9.08. The number of rotatable bonds is 15. The number of hydrogen-bond donors (Lipinski definition) is 7. The molecule has 3 amide bonds. The number of carboxylic acids is 1. The smallest absolute Gasteiger partial charge is 0.326 e. The molecule has 12 nitrogen and oxygen atoms in total. The van der Waals surface area contributed by atoms with Crippen LogP contribution in [0.5, 0.6) is 0 Å². The highest BCUT2D eigenvalue weighted by atomic mass is 16.4. The molecule has 0 aliphatic carbocycles. The molecule has 1 aromatic rings. The van der Waals surface area contributed by atoms with Gasteiger partial charge in [-0.2, -0.15) is 0 Å². The Labute approximate surface area is 211 Å². The lowest BCUT2D eigenvalue weighted by Crippen LogP contribution is -2.57. The van der Waals surface area contributed by atoms with Gasteiger partial charge < -0.3 is 38.3 Å². The molecule has 0 radical (unpaired) electrons. The van der Waals surface area contributed by atoms with Gasteiger partial charge in [0.2, 0.25) is 17.7 Å². The lowest BCUT2D eigenvalue weighted by atomic mass is 10.0. The van der Waals surface area contributed by atoms with Crippen molar-refractivity contribution >= 4 is 29.7 Å². The van der Waals surface area contributed by atoms with E-state index in [4.69, 9.17) is 17.2 Å². The number of aliphatic carboxylic acids is 1. The topological polar surface area (TPSA) is 215 Å². The van der Waals surface area contributed by atoms with E-state index in [0.717, 1.165) is 5.56 Å². The Hall–Kier alpha value is -3.67. The van der Waals surface area contributed by atoms with Crippen molar-refractivity contribution in [1.29, 1.82) is 0 Å². The molecule has 0 bridgehead atoms. The molecule has 1 rings (SSSR count). The molecule has 1 aromatic carbocycles. The number of aliphatic imine (C=N–C) groups is 1. The Bertz CT molecular complexity index is 901. The highest BCUT2D eigenvalue weighted by Crippen LogP contribution is 2.09. The van der Waals surface area contributed by atoms with E-state index in [1.807, 2.05) is 13.8 Å². The molecule has 200 valence electrons. The highest BCUT2D eigenvalue weighted by molar-refractivity contribution is 5.94. The summed E-state index contributed by atoms with van der Waals surface area (Å²) in [5.74, 6) is -3.00. The fraction of sp³-hybridized carbons (Fsp3) is 0.542. The van der Waals surface area contributed by atoms with Crippen molar-refractivity contribution in [2.24, 2.45) is 28.1 Å². The molecule has 0 aliphatic rings. The minimum absolute atomic E-state index is 0.0607. The predicted octanol–water partition coefficient (Wildman–Crippen LogP) is -0.785. The van der Waals surface area contributed by atoms with Crippen LogP contribution in [0.15, 0.2) is 35.3 Å². The number of nitrogens with two attached hydrogens (primary N) is 3. The number of amides is 3. The molecule has 0 fully saturated rings. The van der Waals surface area contributed by atoms with Gasteiger partial charge in [0.05, 0.1) is 6.04 Å². The quantitative estimate of drug-likeness (QED) is 0.0908. The summed E-state index contributed by atoms with van der Waals surface area (Å²) in [5, 5.41) is 17.4. The van der Waals surface area contributed by atoms with Gasteiger partial charge in [-0.25, -0.2) is 4.79 Å². The van der Waals surface area contributed by atoms with Crippen molar-refractivity contribution in [3.8, 4) is 0 Å². The van der Waals surface area contributed by atoms with E-state index in [1.54, 1.807) is 30.3 Å². The van der Waals surface area contributed by atoms with Crippen LogP contribution in [0, 0.1) is 5.92 Å². The standard InChI is InChI=1S/C24H39N7O5/c1-14(2)12-18(30-20(32)15(3)25)22(34)29-17(10-7-11-28-24(26)27)21(33)31-19(23(35)36)13-16-8-5-4-6-9-16/h4-6,8-9,14-15,17-19H,7,10-13,25H2,1-3H3,(H,29,34)(H,30,32)(H,31,33)(H,35,36)(H4,26,27,28). The first-order valence-corrected chi connectivity index (χ1v) is 11.9. The van der Waals surface area contributed by atoms with Gasteiger partial charge in [-0.15, -0.1) is 0 Å². The normalized spacial score (nSPS) is 14.1. The zero-order valence-electron chi connectivity index (χ0n) is 21.1. The molecule has 0 heterocycles. The van der Waals surface area contributed by atoms with Crippen LogP contribution in [-0.4, -0.2) is 65.5 Å². The molecular weight excluding hydrogens is 466 g/mol. The Morgan fingerprint density at radius 3 is 1.97 bits per heavy atom. The third-order valence-corrected chi connectivity index (χ3v) is 5.23. The third kappa shape index (κ3) is 11.6. The van der Waals surface area contributed by atoms with Crippen LogP contribution >= 0.6 is 0 Å². The Kier molecular flexibility index (Phi) is 12.9. The maximum absolute atomic E-state index is 13.1. The number of hydrogen-bond acceptors (Lipinski definition) is 6. The van der Waals surface area contributed by atoms with Crippen LogP contribution in [0.25, 0.3) is 0 Å². The number of nitrogens with one attached hydrogen (secondary N) is 3. The molecule has 0 spiro atoms. The van der Waals surface area contributed by atoms with Crippen LogP contribution < -0.4 is 33.2 Å². The summed E-state index contributed by atoms with van der Waals surface area (Å²) in [7, 11) is 0. The molecule has 0 saturated heterocycles. The molecule has 0 aliphatic heterocycles. The van der Waals surface area contributed by atoms with Gasteiger partial charge in [0.25, 0.3) is 0 Å². The molecule has 12 heteroatoms. The Morgan fingerprint density at radius 1 is 0.889 bits per heavy atom. The van der Waals surface area contributed by atoms with Crippen molar-refractivity contribution < 1.29 is 24.3 Å². The van der Waals surface area contributed by atoms with Crippen LogP contribution in [0.3, 0.4) is 0 Å². The molecule has 4 unspecified atom stereocenters. The summed E-state index contributed by atoms with van der Waals surface area (Å²) < 4.78 is 0. The van der Waals surface area contributed by atoms with Gasteiger partial charge in [0.1, 0.15) is 18.1 Å². The van der Waals surface area contributed by atoms with Crippen molar-refractivity contribution in [3.63, 3.8) is 0 Å². The minimum atomic E-state index is -1.21. The van der Waals surface area contributed by atoms with Crippen LogP contribution in [-0.2, 0) is 25.6 Å². The van der Waals surface area contributed by atoms with Crippen molar-refractivity contribution in [2.45, 2.75) is 70.6 Å². The SMILES string of the molecule is CC(C)CC(NC(=O)C(C)N)C(=O)NC(CCCN=C(N)N)C(=O)NC(Cc1ccccc1)C(=O)O. The van der Waals surface area contributed by atoms with Crippen LogP contribution in [0.1, 0.15) is 45.6 Å². The summed E-state index contributed by atoms with van der Waals surface area (Å²) >= 11 is 0. The zero-order chi connectivity index (χ0) is 27.3. The summed E-state index contributed by atoms with van der Waals surface area (Å²) in [6.07, 6.45) is 0.866. The summed E-state index contributed by atoms with van der Waals surface area (Å²) in [5.41, 5.74) is 17.0. The number of guanidine groups is 1.